The van der Waals surface area contributed by atoms with Crippen molar-refractivity contribution in [3.63, 3.8) is 0 Å². The Balaban J connectivity index is 2.20. The Morgan fingerprint density at radius 1 is 1.33 bits per heavy atom. The molecule has 1 fully saturated rings. The zero-order valence-electron chi connectivity index (χ0n) is 11.1. The van der Waals surface area contributed by atoms with Gasteiger partial charge in [-0.3, -0.25) is 4.68 Å². The number of sulfonamides is 1. The highest BCUT2D eigenvalue weighted by Gasteiger charge is 2.32. The highest BCUT2D eigenvalue weighted by Crippen LogP contribution is 2.29. The second kappa shape index (κ2) is 5.01. The first-order chi connectivity index (χ1) is 8.42. The standard InChI is InChI=1S/C12H21N3O2S/c1-9-5-4-6-10(2)12(9)14-18(16,17)11-7-8-13-15(11)3/h7-10,12,14H,4-6H2,1-3H3. The Kier molecular flexibility index (Phi) is 3.77. The second-order valence-corrected chi connectivity index (χ2v) is 6.99. The fourth-order valence-corrected chi connectivity index (χ4v) is 4.36. The summed E-state index contributed by atoms with van der Waals surface area (Å²) in [6.07, 6.45) is 4.86. The maximum absolute atomic E-state index is 12.3. The molecule has 2 atom stereocenters. The van der Waals surface area contributed by atoms with Crippen LogP contribution in [0.1, 0.15) is 33.1 Å². The van der Waals surface area contributed by atoms with E-state index >= 15 is 0 Å². The van der Waals surface area contributed by atoms with Gasteiger partial charge in [-0.1, -0.05) is 20.3 Å². The molecule has 1 N–H and O–H groups in total. The van der Waals surface area contributed by atoms with E-state index < -0.39 is 10.0 Å². The molecule has 0 aromatic carbocycles. The van der Waals surface area contributed by atoms with Crippen LogP contribution in [-0.4, -0.2) is 24.2 Å². The molecular formula is C12H21N3O2S. The molecule has 1 aromatic heterocycles. The molecule has 1 saturated carbocycles. The minimum absolute atomic E-state index is 0.0265. The molecule has 2 rings (SSSR count). The molecule has 2 unspecified atom stereocenters. The quantitative estimate of drug-likeness (QED) is 0.906. The average molecular weight is 271 g/mol. The van der Waals surface area contributed by atoms with Gasteiger partial charge in [0.1, 0.15) is 0 Å². The number of aromatic nitrogens is 2. The van der Waals surface area contributed by atoms with Crippen LogP contribution >= 0.6 is 0 Å². The van der Waals surface area contributed by atoms with E-state index in [1.807, 2.05) is 0 Å². The molecule has 0 aliphatic heterocycles. The Morgan fingerprint density at radius 3 is 2.44 bits per heavy atom. The van der Waals surface area contributed by atoms with Gasteiger partial charge in [0.2, 0.25) is 0 Å². The monoisotopic (exact) mass is 271 g/mol. The summed E-state index contributed by atoms with van der Waals surface area (Å²) in [5, 5.41) is 4.14. The lowest BCUT2D eigenvalue weighted by Gasteiger charge is -2.34. The zero-order valence-corrected chi connectivity index (χ0v) is 11.9. The van der Waals surface area contributed by atoms with Crippen LogP contribution in [0.2, 0.25) is 0 Å². The Bertz CT molecular complexity index is 499. The predicted molar refractivity (Wildman–Crippen MR) is 69.5 cm³/mol. The van der Waals surface area contributed by atoms with Gasteiger partial charge < -0.3 is 0 Å². The smallest absolute Gasteiger partial charge is 0.256 e. The van der Waals surface area contributed by atoms with Gasteiger partial charge in [-0.2, -0.15) is 5.10 Å². The number of nitrogens with zero attached hydrogens (tertiary/aromatic N) is 2. The largest absolute Gasteiger partial charge is 0.257 e. The molecule has 1 aliphatic rings. The lowest BCUT2D eigenvalue weighted by molar-refractivity contribution is 0.233. The Hall–Kier alpha value is -0.880. The molecule has 1 heterocycles. The molecule has 6 heteroatoms. The minimum atomic E-state index is -3.46. The third kappa shape index (κ3) is 2.59. The summed E-state index contributed by atoms with van der Waals surface area (Å²) in [7, 11) is -1.82. The van der Waals surface area contributed by atoms with Crippen LogP contribution in [0.5, 0.6) is 0 Å². The van der Waals surface area contributed by atoms with Gasteiger partial charge in [0, 0.05) is 13.1 Å². The third-order valence-corrected chi connectivity index (χ3v) is 5.42. The number of aryl methyl sites for hydroxylation is 1. The van der Waals surface area contributed by atoms with E-state index in [-0.39, 0.29) is 11.1 Å². The molecule has 0 radical (unpaired) electrons. The Labute approximate surface area is 109 Å². The van der Waals surface area contributed by atoms with Crippen molar-refractivity contribution in [2.45, 2.75) is 44.2 Å². The highest BCUT2D eigenvalue weighted by atomic mass is 32.2. The van der Waals surface area contributed by atoms with Crippen molar-refractivity contribution in [1.82, 2.24) is 14.5 Å². The molecule has 0 amide bonds. The van der Waals surface area contributed by atoms with Crippen molar-refractivity contribution >= 4 is 10.0 Å². The number of nitrogens with one attached hydrogen (secondary N) is 1. The first kappa shape index (κ1) is 13.5. The van der Waals surface area contributed by atoms with Crippen molar-refractivity contribution in [2.24, 2.45) is 18.9 Å². The number of hydrogen-bond donors (Lipinski definition) is 1. The predicted octanol–water partition coefficient (Wildman–Crippen LogP) is 1.52. The van der Waals surface area contributed by atoms with Crippen molar-refractivity contribution < 1.29 is 8.42 Å². The van der Waals surface area contributed by atoms with Crippen LogP contribution in [0.3, 0.4) is 0 Å². The molecule has 1 aliphatic carbocycles. The van der Waals surface area contributed by atoms with Crippen LogP contribution < -0.4 is 4.72 Å². The third-order valence-electron chi connectivity index (χ3n) is 3.89. The molecule has 0 saturated heterocycles. The molecule has 0 spiro atoms. The average Bonchev–Trinajstić information content (AvgIpc) is 2.71. The van der Waals surface area contributed by atoms with E-state index in [0.29, 0.717) is 11.8 Å². The van der Waals surface area contributed by atoms with Crippen LogP contribution in [-0.2, 0) is 17.1 Å². The summed E-state index contributed by atoms with van der Waals surface area (Å²) in [6.45, 7) is 4.23. The molecular weight excluding hydrogens is 250 g/mol. The lowest BCUT2D eigenvalue weighted by atomic mass is 9.79. The van der Waals surface area contributed by atoms with E-state index in [9.17, 15) is 8.42 Å². The first-order valence-corrected chi connectivity index (χ1v) is 7.90. The molecule has 5 nitrogen and oxygen atoms in total. The van der Waals surface area contributed by atoms with Crippen molar-refractivity contribution in [3.05, 3.63) is 12.3 Å². The zero-order chi connectivity index (χ0) is 13.3. The minimum Gasteiger partial charge on any atom is -0.256 e. The van der Waals surface area contributed by atoms with Gasteiger partial charge in [-0.15, -0.1) is 0 Å². The maximum atomic E-state index is 12.3. The molecule has 1 aromatic rings. The summed E-state index contributed by atoms with van der Waals surface area (Å²) in [5.74, 6) is 0.772. The highest BCUT2D eigenvalue weighted by molar-refractivity contribution is 7.89. The Morgan fingerprint density at radius 2 is 1.94 bits per heavy atom. The van der Waals surface area contributed by atoms with Gasteiger partial charge in [-0.05, 0) is 30.7 Å². The fraction of sp³-hybridized carbons (Fsp3) is 0.750. The summed E-state index contributed by atoms with van der Waals surface area (Å²) >= 11 is 0. The molecule has 102 valence electrons. The van der Waals surface area contributed by atoms with Crippen LogP contribution in [0.25, 0.3) is 0 Å². The van der Waals surface area contributed by atoms with Crippen LogP contribution in [0.15, 0.2) is 17.3 Å². The van der Waals surface area contributed by atoms with E-state index in [4.69, 9.17) is 0 Å². The maximum Gasteiger partial charge on any atom is 0.257 e. The first-order valence-electron chi connectivity index (χ1n) is 6.42. The van der Waals surface area contributed by atoms with Crippen molar-refractivity contribution in [1.29, 1.82) is 0 Å². The van der Waals surface area contributed by atoms with Crippen molar-refractivity contribution in [2.75, 3.05) is 0 Å². The van der Waals surface area contributed by atoms with Gasteiger partial charge >= 0.3 is 0 Å². The van der Waals surface area contributed by atoms with Gasteiger partial charge in [0.25, 0.3) is 10.0 Å². The lowest BCUT2D eigenvalue weighted by Crippen LogP contribution is -2.46. The van der Waals surface area contributed by atoms with Gasteiger partial charge in [0.15, 0.2) is 5.03 Å². The fourth-order valence-electron chi connectivity index (χ4n) is 2.78. The number of hydrogen-bond acceptors (Lipinski definition) is 3. The summed E-state index contributed by atoms with van der Waals surface area (Å²) in [6, 6.07) is 1.55. The van der Waals surface area contributed by atoms with Gasteiger partial charge in [-0.25, -0.2) is 13.1 Å². The summed E-state index contributed by atoms with van der Waals surface area (Å²) < 4.78 is 28.8. The van der Waals surface area contributed by atoms with E-state index in [0.717, 1.165) is 12.8 Å². The van der Waals surface area contributed by atoms with Crippen LogP contribution in [0.4, 0.5) is 0 Å². The van der Waals surface area contributed by atoms with Crippen LogP contribution in [0, 0.1) is 11.8 Å². The van der Waals surface area contributed by atoms with E-state index in [1.165, 1.54) is 23.4 Å². The summed E-state index contributed by atoms with van der Waals surface area (Å²) in [4.78, 5) is 0. The topological polar surface area (TPSA) is 64.0 Å². The SMILES string of the molecule is CC1CCCC(C)C1NS(=O)(=O)c1ccnn1C. The normalized spacial score (nSPS) is 29.4. The van der Waals surface area contributed by atoms with E-state index in [1.54, 1.807) is 7.05 Å². The number of rotatable bonds is 3. The van der Waals surface area contributed by atoms with E-state index in [2.05, 4.69) is 23.7 Å². The van der Waals surface area contributed by atoms with Gasteiger partial charge in [0.05, 0.1) is 6.20 Å². The molecule has 18 heavy (non-hydrogen) atoms. The molecule has 0 bridgehead atoms. The van der Waals surface area contributed by atoms with Crippen molar-refractivity contribution in [3.8, 4) is 0 Å². The second-order valence-electron chi connectivity index (χ2n) is 5.33. The summed E-state index contributed by atoms with van der Waals surface area (Å²) in [5.41, 5.74) is 0.